The van der Waals surface area contributed by atoms with E-state index in [0.717, 1.165) is 19.6 Å². The smallest absolute Gasteiger partial charge is 0.143 e. The predicted molar refractivity (Wildman–Crippen MR) is 58.9 cm³/mol. The van der Waals surface area contributed by atoms with Crippen LogP contribution in [0.5, 0.6) is 0 Å². The Balaban J connectivity index is 2.42. The molecule has 0 saturated carbocycles. The molecule has 0 aromatic carbocycles. The van der Waals surface area contributed by atoms with Crippen LogP contribution in [0.15, 0.2) is 12.2 Å². The van der Waals surface area contributed by atoms with E-state index in [-0.39, 0.29) is 0 Å². The average Bonchev–Trinajstić information content (AvgIpc) is 2.56. The minimum Gasteiger partial charge on any atom is -0.374 e. The molecule has 1 heterocycles. The third-order valence-electron chi connectivity index (χ3n) is 2.66. The highest BCUT2D eigenvalue weighted by atomic mass is 16.3. The lowest BCUT2D eigenvalue weighted by atomic mass is 10.00. The van der Waals surface area contributed by atoms with E-state index < -0.39 is 5.60 Å². The molecule has 0 aromatic heterocycles. The number of aliphatic hydroxyl groups is 1. The van der Waals surface area contributed by atoms with E-state index in [1.165, 1.54) is 12.8 Å². The highest BCUT2D eigenvalue weighted by Gasteiger charge is 2.17. The Bertz CT molecular complexity index is 264. The van der Waals surface area contributed by atoms with Crippen LogP contribution in [0.4, 0.5) is 0 Å². The summed E-state index contributed by atoms with van der Waals surface area (Å²) in [4.78, 5) is 2.31. The molecular weight excluding hydrogens is 174 g/mol. The van der Waals surface area contributed by atoms with E-state index >= 15 is 0 Å². The molecular formula is C12H19NO. The second-order valence-corrected chi connectivity index (χ2v) is 4.14. The Hall–Kier alpha value is -0.780. The molecule has 1 N–H and O–H groups in total. The van der Waals surface area contributed by atoms with Crippen molar-refractivity contribution in [2.45, 2.75) is 32.3 Å². The Morgan fingerprint density at radius 2 is 2.07 bits per heavy atom. The Kier molecular flexibility index (Phi) is 3.74. The van der Waals surface area contributed by atoms with Crippen molar-refractivity contribution in [3.8, 4) is 11.8 Å². The van der Waals surface area contributed by atoms with E-state index in [0.29, 0.717) is 5.57 Å². The molecule has 0 bridgehead atoms. The molecule has 2 nitrogen and oxygen atoms in total. The Morgan fingerprint density at radius 3 is 2.57 bits per heavy atom. The molecule has 1 fully saturated rings. The molecule has 1 saturated heterocycles. The van der Waals surface area contributed by atoms with Gasteiger partial charge in [0.15, 0.2) is 0 Å². The molecule has 2 heteroatoms. The van der Waals surface area contributed by atoms with Gasteiger partial charge in [0.2, 0.25) is 0 Å². The highest BCUT2D eigenvalue weighted by molar-refractivity contribution is 5.26. The molecule has 0 aromatic rings. The van der Waals surface area contributed by atoms with E-state index in [1.807, 2.05) is 0 Å². The van der Waals surface area contributed by atoms with Crippen LogP contribution < -0.4 is 0 Å². The van der Waals surface area contributed by atoms with Crippen molar-refractivity contribution >= 4 is 0 Å². The van der Waals surface area contributed by atoms with Crippen LogP contribution in [-0.2, 0) is 0 Å². The summed E-state index contributed by atoms with van der Waals surface area (Å²) in [6.07, 6.45) is 2.55. The maximum absolute atomic E-state index is 9.77. The van der Waals surface area contributed by atoms with Crippen LogP contribution in [0.2, 0.25) is 0 Å². The van der Waals surface area contributed by atoms with Gasteiger partial charge in [0.1, 0.15) is 5.60 Å². The molecule has 1 aliphatic heterocycles. The van der Waals surface area contributed by atoms with Crippen molar-refractivity contribution < 1.29 is 5.11 Å². The zero-order chi connectivity index (χ0) is 10.6. The molecule has 0 radical (unpaired) electrons. The first-order valence-corrected chi connectivity index (χ1v) is 5.13. The van der Waals surface area contributed by atoms with E-state index in [1.54, 1.807) is 13.8 Å². The fourth-order valence-corrected chi connectivity index (χ4v) is 1.37. The fraction of sp³-hybridized carbons (Fsp3) is 0.667. The van der Waals surface area contributed by atoms with Gasteiger partial charge < -0.3 is 5.11 Å². The molecule has 0 unspecified atom stereocenters. The van der Waals surface area contributed by atoms with Crippen LogP contribution >= 0.6 is 0 Å². The van der Waals surface area contributed by atoms with Crippen LogP contribution in [0.3, 0.4) is 0 Å². The SMILES string of the molecule is C=C(C)[C@](C)(O)C#CCN1CCCC1. The third-order valence-corrected chi connectivity index (χ3v) is 2.66. The summed E-state index contributed by atoms with van der Waals surface area (Å²) in [5, 5.41) is 9.77. The molecule has 0 aliphatic carbocycles. The summed E-state index contributed by atoms with van der Waals surface area (Å²) in [7, 11) is 0. The van der Waals surface area contributed by atoms with Gasteiger partial charge in [-0.2, -0.15) is 0 Å². The van der Waals surface area contributed by atoms with E-state index in [9.17, 15) is 5.11 Å². The molecule has 14 heavy (non-hydrogen) atoms. The number of nitrogens with zero attached hydrogens (tertiary/aromatic N) is 1. The summed E-state index contributed by atoms with van der Waals surface area (Å²) in [5.74, 6) is 5.86. The van der Waals surface area contributed by atoms with Crippen molar-refractivity contribution in [3.63, 3.8) is 0 Å². The fourth-order valence-electron chi connectivity index (χ4n) is 1.37. The minimum atomic E-state index is -1.03. The first-order valence-electron chi connectivity index (χ1n) is 5.13. The van der Waals surface area contributed by atoms with Gasteiger partial charge in [-0.15, -0.1) is 0 Å². The van der Waals surface area contributed by atoms with E-state index in [4.69, 9.17) is 0 Å². The molecule has 1 rings (SSSR count). The maximum atomic E-state index is 9.77. The van der Waals surface area contributed by atoms with Crippen molar-refractivity contribution in [1.29, 1.82) is 0 Å². The molecule has 78 valence electrons. The lowest BCUT2D eigenvalue weighted by Gasteiger charge is -2.16. The van der Waals surface area contributed by atoms with Gasteiger partial charge in [0.05, 0.1) is 6.54 Å². The third kappa shape index (κ3) is 3.17. The van der Waals surface area contributed by atoms with Crippen molar-refractivity contribution in [2.75, 3.05) is 19.6 Å². The lowest BCUT2D eigenvalue weighted by molar-refractivity contribution is 0.161. The molecule has 1 atom stereocenters. The van der Waals surface area contributed by atoms with E-state index in [2.05, 4.69) is 23.3 Å². The van der Waals surface area contributed by atoms with Gasteiger partial charge in [-0.1, -0.05) is 18.4 Å². The first kappa shape index (κ1) is 11.3. The second kappa shape index (κ2) is 4.63. The van der Waals surface area contributed by atoms with Gasteiger partial charge in [-0.05, 0) is 45.4 Å². The van der Waals surface area contributed by atoms with Gasteiger partial charge in [0, 0.05) is 0 Å². The topological polar surface area (TPSA) is 23.5 Å². The van der Waals surface area contributed by atoms with Gasteiger partial charge in [0.25, 0.3) is 0 Å². The van der Waals surface area contributed by atoms with Crippen LogP contribution in [0, 0.1) is 11.8 Å². The monoisotopic (exact) mass is 193 g/mol. The maximum Gasteiger partial charge on any atom is 0.143 e. The standard InChI is InChI=1S/C12H19NO/c1-11(2)12(3,14)7-6-10-13-8-4-5-9-13/h14H,1,4-5,8-10H2,2-3H3/t12-/m1/s1. The Labute approximate surface area is 86.6 Å². The van der Waals surface area contributed by atoms with Crippen molar-refractivity contribution in [2.24, 2.45) is 0 Å². The number of rotatable bonds is 2. The molecule has 0 amide bonds. The molecule has 1 aliphatic rings. The van der Waals surface area contributed by atoms with Crippen LogP contribution in [-0.4, -0.2) is 35.2 Å². The summed E-state index contributed by atoms with van der Waals surface area (Å²) in [6, 6.07) is 0. The van der Waals surface area contributed by atoms with Gasteiger partial charge in [-0.3, -0.25) is 4.90 Å². The van der Waals surface area contributed by atoms with Crippen molar-refractivity contribution in [1.82, 2.24) is 4.90 Å². The predicted octanol–water partition coefficient (Wildman–Crippen LogP) is 1.41. The summed E-state index contributed by atoms with van der Waals surface area (Å²) < 4.78 is 0. The number of likely N-dealkylation sites (tertiary alicyclic amines) is 1. The average molecular weight is 193 g/mol. The minimum absolute atomic E-state index is 0.700. The summed E-state index contributed by atoms with van der Waals surface area (Å²) in [5.41, 5.74) is -0.328. The zero-order valence-corrected chi connectivity index (χ0v) is 9.14. The lowest BCUT2D eigenvalue weighted by Crippen LogP contribution is -2.24. The second-order valence-electron chi connectivity index (χ2n) is 4.14. The molecule has 0 spiro atoms. The van der Waals surface area contributed by atoms with Crippen molar-refractivity contribution in [3.05, 3.63) is 12.2 Å². The first-order chi connectivity index (χ1) is 6.52. The van der Waals surface area contributed by atoms with Gasteiger partial charge in [-0.25, -0.2) is 0 Å². The summed E-state index contributed by atoms with van der Waals surface area (Å²) >= 11 is 0. The van der Waals surface area contributed by atoms with Gasteiger partial charge >= 0.3 is 0 Å². The van der Waals surface area contributed by atoms with Crippen LogP contribution in [0.25, 0.3) is 0 Å². The number of hydrogen-bond acceptors (Lipinski definition) is 2. The summed E-state index contributed by atoms with van der Waals surface area (Å²) in [6.45, 7) is 10.2. The normalized spacial score (nSPS) is 21.1. The zero-order valence-electron chi connectivity index (χ0n) is 9.14. The largest absolute Gasteiger partial charge is 0.374 e. The van der Waals surface area contributed by atoms with Crippen LogP contribution in [0.1, 0.15) is 26.7 Å². The highest BCUT2D eigenvalue weighted by Crippen LogP contribution is 2.12. The Morgan fingerprint density at radius 1 is 1.50 bits per heavy atom. The quantitative estimate of drug-likeness (QED) is 0.529. The number of hydrogen-bond donors (Lipinski definition) is 1.